The Morgan fingerprint density at radius 1 is 0.966 bits per heavy atom. The van der Waals surface area contributed by atoms with Gasteiger partial charge >= 0.3 is 0 Å². The van der Waals surface area contributed by atoms with Crippen LogP contribution in [0.1, 0.15) is 40.3 Å². The summed E-state index contributed by atoms with van der Waals surface area (Å²) in [6.45, 7) is 0. The van der Waals surface area contributed by atoms with Gasteiger partial charge in [-0.15, -0.1) is 0 Å². The van der Waals surface area contributed by atoms with Crippen molar-refractivity contribution in [1.82, 2.24) is 24.7 Å². The van der Waals surface area contributed by atoms with Crippen molar-refractivity contribution < 1.29 is 0 Å². The van der Waals surface area contributed by atoms with E-state index in [1.165, 1.54) is 11.1 Å². The predicted octanol–water partition coefficient (Wildman–Crippen LogP) is 4.19. The van der Waals surface area contributed by atoms with Crippen molar-refractivity contribution in [1.29, 1.82) is 0 Å². The van der Waals surface area contributed by atoms with E-state index < -0.39 is 0 Å². The van der Waals surface area contributed by atoms with E-state index in [0.717, 1.165) is 29.8 Å². The van der Waals surface area contributed by atoms with Gasteiger partial charge in [-0.3, -0.25) is 4.98 Å². The third-order valence-corrected chi connectivity index (χ3v) is 5.21. The fourth-order valence-corrected chi connectivity index (χ4v) is 3.73. The van der Waals surface area contributed by atoms with Crippen molar-refractivity contribution in [3.05, 3.63) is 101 Å². The van der Waals surface area contributed by atoms with Crippen LogP contribution >= 0.6 is 11.6 Å². The number of nitrogens with zero attached hydrogens (tertiary/aromatic N) is 5. The third kappa shape index (κ3) is 3.63. The van der Waals surface area contributed by atoms with Gasteiger partial charge < -0.3 is 0 Å². The monoisotopic (exact) mass is 397 g/mol. The summed E-state index contributed by atoms with van der Waals surface area (Å²) in [5.41, 5.74) is 6.17. The molecule has 0 spiro atoms. The highest BCUT2D eigenvalue weighted by atomic mass is 35.5. The van der Waals surface area contributed by atoms with Crippen LogP contribution in [0.4, 0.5) is 0 Å². The number of aromatic nitrogens is 5. The maximum Gasteiger partial charge on any atom is 0.222 e. The molecule has 0 aliphatic heterocycles. The second kappa shape index (κ2) is 7.50. The van der Waals surface area contributed by atoms with Crippen LogP contribution in [0.15, 0.2) is 67.4 Å². The molecule has 0 saturated carbocycles. The molecule has 1 atom stereocenters. The van der Waals surface area contributed by atoms with Crippen molar-refractivity contribution >= 4 is 11.6 Å². The lowest BCUT2D eigenvalue weighted by Gasteiger charge is -2.09. The molecule has 6 heteroatoms. The summed E-state index contributed by atoms with van der Waals surface area (Å²) >= 11 is 5.71. The van der Waals surface area contributed by atoms with Crippen LogP contribution in [0, 0.1) is 11.8 Å². The van der Waals surface area contributed by atoms with Gasteiger partial charge in [0.1, 0.15) is 0 Å². The zero-order valence-electron chi connectivity index (χ0n) is 15.5. The molecule has 1 aliphatic rings. The van der Waals surface area contributed by atoms with Gasteiger partial charge in [0, 0.05) is 36.3 Å². The molecular formula is C23H16ClN5. The second-order valence-corrected chi connectivity index (χ2v) is 7.25. The van der Waals surface area contributed by atoms with Crippen LogP contribution in [0.2, 0.25) is 5.28 Å². The number of benzene rings is 1. The minimum Gasteiger partial charge on any atom is -0.261 e. The van der Waals surface area contributed by atoms with Crippen molar-refractivity contribution in [3.63, 3.8) is 0 Å². The van der Waals surface area contributed by atoms with Gasteiger partial charge in [-0.05, 0) is 41.6 Å². The summed E-state index contributed by atoms with van der Waals surface area (Å²) in [5.74, 6) is 6.48. The predicted molar refractivity (Wildman–Crippen MR) is 111 cm³/mol. The minimum atomic E-state index is 0.208. The molecular weight excluding hydrogens is 382 g/mol. The van der Waals surface area contributed by atoms with Gasteiger partial charge in [0.15, 0.2) is 0 Å². The lowest BCUT2D eigenvalue weighted by Crippen LogP contribution is -2.02. The normalized spacial score (nSPS) is 14.9. The second-order valence-electron chi connectivity index (χ2n) is 6.91. The molecule has 0 amide bonds. The zero-order valence-corrected chi connectivity index (χ0v) is 16.2. The molecule has 140 valence electrons. The Bertz CT molecular complexity index is 1220. The molecule has 4 aromatic rings. The molecule has 1 aliphatic carbocycles. The van der Waals surface area contributed by atoms with Gasteiger partial charge in [0.25, 0.3) is 0 Å². The largest absolute Gasteiger partial charge is 0.261 e. The van der Waals surface area contributed by atoms with E-state index in [1.54, 1.807) is 24.8 Å². The van der Waals surface area contributed by atoms with Gasteiger partial charge in [-0.1, -0.05) is 42.2 Å². The Hall–Kier alpha value is -3.49. The average Bonchev–Trinajstić information content (AvgIpc) is 3.35. The number of rotatable bonds is 2. The van der Waals surface area contributed by atoms with Gasteiger partial charge in [0.05, 0.1) is 23.1 Å². The highest BCUT2D eigenvalue weighted by Crippen LogP contribution is 2.37. The summed E-state index contributed by atoms with van der Waals surface area (Å²) in [5, 5.41) is 5.09. The van der Waals surface area contributed by atoms with Crippen molar-refractivity contribution in [2.75, 3.05) is 0 Å². The van der Waals surface area contributed by atoms with Crippen LogP contribution in [0.5, 0.6) is 0 Å². The van der Waals surface area contributed by atoms with E-state index in [1.807, 2.05) is 16.8 Å². The Labute approximate surface area is 173 Å². The quantitative estimate of drug-likeness (QED) is 0.376. The fourth-order valence-electron chi connectivity index (χ4n) is 3.63. The van der Waals surface area contributed by atoms with Gasteiger partial charge in [-0.25, -0.2) is 14.6 Å². The number of aryl methyl sites for hydroxylation is 1. The maximum absolute atomic E-state index is 5.71. The smallest absolute Gasteiger partial charge is 0.222 e. The zero-order chi connectivity index (χ0) is 19.6. The lowest BCUT2D eigenvalue weighted by atomic mass is 9.97. The molecule has 1 unspecified atom stereocenters. The van der Waals surface area contributed by atoms with Crippen LogP contribution in [0.25, 0.3) is 5.69 Å². The molecule has 5 nitrogen and oxygen atoms in total. The molecule has 0 radical (unpaired) electrons. The lowest BCUT2D eigenvalue weighted by molar-refractivity contribution is 0.725. The number of pyridine rings is 1. The van der Waals surface area contributed by atoms with E-state index in [2.05, 4.69) is 57.3 Å². The average molecular weight is 398 g/mol. The Morgan fingerprint density at radius 2 is 1.76 bits per heavy atom. The first-order chi connectivity index (χ1) is 14.3. The van der Waals surface area contributed by atoms with Crippen molar-refractivity contribution in [2.24, 2.45) is 0 Å². The number of halogens is 1. The topological polar surface area (TPSA) is 56.5 Å². The van der Waals surface area contributed by atoms with Crippen LogP contribution in [-0.4, -0.2) is 24.7 Å². The molecule has 29 heavy (non-hydrogen) atoms. The first-order valence-corrected chi connectivity index (χ1v) is 9.72. The summed E-state index contributed by atoms with van der Waals surface area (Å²) in [6, 6.07) is 12.6. The van der Waals surface area contributed by atoms with Crippen LogP contribution in [0.3, 0.4) is 0 Å². The summed E-state index contributed by atoms with van der Waals surface area (Å²) in [4.78, 5) is 12.2. The number of fused-ring (bicyclic) bond motifs is 1. The Morgan fingerprint density at radius 3 is 2.59 bits per heavy atom. The molecule has 1 aromatic carbocycles. The third-order valence-electron chi connectivity index (χ3n) is 5.02. The summed E-state index contributed by atoms with van der Waals surface area (Å²) in [6.07, 6.45) is 11.0. The number of hydrogen-bond acceptors (Lipinski definition) is 4. The van der Waals surface area contributed by atoms with E-state index in [0.29, 0.717) is 11.5 Å². The first kappa shape index (κ1) is 17.6. The molecule has 3 aromatic heterocycles. The molecule has 3 heterocycles. The van der Waals surface area contributed by atoms with E-state index >= 15 is 0 Å². The molecule has 0 N–H and O–H groups in total. The van der Waals surface area contributed by atoms with Gasteiger partial charge in [0.2, 0.25) is 5.28 Å². The van der Waals surface area contributed by atoms with E-state index in [9.17, 15) is 0 Å². The summed E-state index contributed by atoms with van der Waals surface area (Å²) < 4.78 is 1.91. The van der Waals surface area contributed by atoms with E-state index in [4.69, 9.17) is 16.7 Å². The molecule has 5 rings (SSSR count). The molecule has 0 fully saturated rings. The first-order valence-electron chi connectivity index (χ1n) is 9.34. The SMILES string of the molecule is Clc1ncc(C#Cc2cncc(-n3cc4c(n3)C(c3ccccc3)CC4)c2)cn1. The maximum atomic E-state index is 5.71. The molecule has 0 saturated heterocycles. The standard InChI is InChI=1S/C23H16ClN5/c24-23-26-12-17(13-27-23)7-6-16-10-20(14-25-11-16)29-15-19-8-9-21(22(19)28-29)18-4-2-1-3-5-18/h1-5,10-15,21H,8-9H2. The fraction of sp³-hybridized carbons (Fsp3) is 0.130. The molecule has 0 bridgehead atoms. The minimum absolute atomic E-state index is 0.208. The van der Waals surface area contributed by atoms with Gasteiger partial charge in [-0.2, -0.15) is 5.10 Å². The Balaban J connectivity index is 1.43. The van der Waals surface area contributed by atoms with Crippen LogP contribution < -0.4 is 0 Å². The van der Waals surface area contributed by atoms with Crippen molar-refractivity contribution in [2.45, 2.75) is 18.8 Å². The Kier molecular flexibility index (Phi) is 4.55. The van der Waals surface area contributed by atoms with E-state index in [-0.39, 0.29) is 5.28 Å². The highest BCUT2D eigenvalue weighted by Gasteiger charge is 2.27. The highest BCUT2D eigenvalue weighted by molar-refractivity contribution is 6.28. The number of hydrogen-bond donors (Lipinski definition) is 0. The van der Waals surface area contributed by atoms with Crippen LogP contribution in [-0.2, 0) is 6.42 Å². The summed E-state index contributed by atoms with van der Waals surface area (Å²) in [7, 11) is 0. The van der Waals surface area contributed by atoms with Crippen molar-refractivity contribution in [3.8, 4) is 17.5 Å².